The Hall–Kier alpha value is -1.06. The second-order valence-electron chi connectivity index (χ2n) is 5.95. The number of nitrogens with one attached hydrogen (secondary N) is 1. The lowest BCUT2D eigenvalue weighted by Gasteiger charge is -2.28. The predicted molar refractivity (Wildman–Crippen MR) is 68.0 cm³/mol. The third kappa shape index (κ3) is 3.03. The maximum Gasteiger partial charge on any atom is 0.307 e. The molecular formula is C14H23NO3. The van der Waals surface area contributed by atoms with Gasteiger partial charge in [0.1, 0.15) is 0 Å². The number of hydrogen-bond acceptors (Lipinski definition) is 2. The van der Waals surface area contributed by atoms with Gasteiger partial charge in [-0.1, -0.05) is 13.3 Å². The van der Waals surface area contributed by atoms with E-state index < -0.39 is 11.9 Å². The zero-order valence-corrected chi connectivity index (χ0v) is 11.0. The number of carboxylic acid groups (broad SMARTS) is 1. The highest BCUT2D eigenvalue weighted by Gasteiger charge is 2.38. The smallest absolute Gasteiger partial charge is 0.307 e. The maximum absolute atomic E-state index is 12.1. The molecule has 0 radical (unpaired) electrons. The van der Waals surface area contributed by atoms with Crippen LogP contribution in [0.15, 0.2) is 0 Å². The summed E-state index contributed by atoms with van der Waals surface area (Å²) >= 11 is 0. The second kappa shape index (κ2) is 5.72. The van der Waals surface area contributed by atoms with Crippen molar-refractivity contribution in [2.75, 3.05) is 0 Å². The zero-order chi connectivity index (χ0) is 13.1. The molecule has 2 unspecified atom stereocenters. The fraction of sp³-hybridized carbons (Fsp3) is 0.857. The third-order valence-electron chi connectivity index (χ3n) is 4.53. The van der Waals surface area contributed by atoms with Crippen LogP contribution >= 0.6 is 0 Å². The first-order chi connectivity index (χ1) is 8.58. The lowest BCUT2D eigenvalue weighted by molar-refractivity contribution is -0.146. The monoisotopic (exact) mass is 253 g/mol. The van der Waals surface area contributed by atoms with E-state index in [-0.39, 0.29) is 17.9 Å². The summed E-state index contributed by atoms with van der Waals surface area (Å²) in [6.45, 7) is 2.25. The predicted octanol–water partition coefficient (Wildman–Crippen LogP) is 2.18. The molecule has 2 rings (SSSR count). The second-order valence-corrected chi connectivity index (χ2v) is 5.95. The molecule has 2 saturated carbocycles. The summed E-state index contributed by atoms with van der Waals surface area (Å²) in [6.07, 6.45) is 6.64. The maximum atomic E-state index is 12.1. The molecule has 4 nitrogen and oxygen atoms in total. The van der Waals surface area contributed by atoms with E-state index in [1.165, 1.54) is 0 Å². The van der Waals surface area contributed by atoms with Crippen LogP contribution in [0, 0.1) is 17.8 Å². The molecule has 2 aliphatic carbocycles. The first kappa shape index (κ1) is 13.4. The Morgan fingerprint density at radius 3 is 2.22 bits per heavy atom. The van der Waals surface area contributed by atoms with Gasteiger partial charge in [-0.25, -0.2) is 0 Å². The summed E-state index contributed by atoms with van der Waals surface area (Å²) in [5.74, 6) is -0.852. The first-order valence-electron chi connectivity index (χ1n) is 7.11. The van der Waals surface area contributed by atoms with Gasteiger partial charge in [0.25, 0.3) is 0 Å². The fourth-order valence-electron chi connectivity index (χ4n) is 3.28. The van der Waals surface area contributed by atoms with Crippen LogP contribution in [0.2, 0.25) is 0 Å². The molecule has 2 fully saturated rings. The van der Waals surface area contributed by atoms with Gasteiger partial charge in [0, 0.05) is 6.04 Å². The van der Waals surface area contributed by atoms with Crippen molar-refractivity contribution >= 4 is 11.9 Å². The van der Waals surface area contributed by atoms with E-state index in [1.807, 2.05) is 0 Å². The van der Waals surface area contributed by atoms with Crippen LogP contribution in [-0.4, -0.2) is 23.0 Å². The molecule has 0 aromatic heterocycles. The molecule has 0 saturated heterocycles. The average Bonchev–Trinajstić information content (AvgIpc) is 2.81. The van der Waals surface area contributed by atoms with Crippen LogP contribution in [0.1, 0.15) is 51.9 Å². The van der Waals surface area contributed by atoms with Crippen LogP contribution in [-0.2, 0) is 9.59 Å². The van der Waals surface area contributed by atoms with Crippen LogP contribution in [0.5, 0.6) is 0 Å². The molecule has 0 aromatic carbocycles. The highest BCUT2D eigenvalue weighted by Crippen LogP contribution is 2.32. The molecule has 0 heterocycles. The van der Waals surface area contributed by atoms with E-state index in [0.717, 1.165) is 44.4 Å². The van der Waals surface area contributed by atoms with Gasteiger partial charge in [0.15, 0.2) is 0 Å². The zero-order valence-electron chi connectivity index (χ0n) is 11.0. The first-order valence-corrected chi connectivity index (χ1v) is 7.11. The summed E-state index contributed by atoms with van der Waals surface area (Å²) < 4.78 is 0. The Balaban J connectivity index is 1.86. The fourth-order valence-corrected chi connectivity index (χ4v) is 3.28. The molecule has 0 spiro atoms. The Bertz CT molecular complexity index is 321. The Morgan fingerprint density at radius 1 is 1.00 bits per heavy atom. The number of carbonyl (C=O) groups is 2. The van der Waals surface area contributed by atoms with Crippen molar-refractivity contribution in [3.63, 3.8) is 0 Å². The van der Waals surface area contributed by atoms with Crippen molar-refractivity contribution in [2.24, 2.45) is 17.8 Å². The molecule has 0 aromatic rings. The van der Waals surface area contributed by atoms with E-state index in [0.29, 0.717) is 6.42 Å². The van der Waals surface area contributed by atoms with Gasteiger partial charge in [-0.2, -0.15) is 0 Å². The lowest BCUT2D eigenvalue weighted by atomic mass is 9.86. The number of aliphatic carboxylic acids is 1. The third-order valence-corrected chi connectivity index (χ3v) is 4.53. The molecule has 4 heteroatoms. The molecule has 1 amide bonds. The van der Waals surface area contributed by atoms with Gasteiger partial charge >= 0.3 is 5.97 Å². The molecule has 0 aliphatic heterocycles. The quantitative estimate of drug-likeness (QED) is 0.810. The van der Waals surface area contributed by atoms with Gasteiger partial charge in [-0.05, 0) is 44.4 Å². The largest absolute Gasteiger partial charge is 0.481 e. The highest BCUT2D eigenvalue weighted by atomic mass is 16.4. The normalized spacial score (nSPS) is 36.3. The SMILES string of the molecule is CC1CCC(NC(=O)C2CCCC2C(=O)O)CC1. The Kier molecular flexibility index (Phi) is 4.25. The van der Waals surface area contributed by atoms with Crippen molar-refractivity contribution < 1.29 is 14.7 Å². The van der Waals surface area contributed by atoms with E-state index in [1.54, 1.807) is 0 Å². The van der Waals surface area contributed by atoms with Crippen molar-refractivity contribution in [1.82, 2.24) is 5.32 Å². The minimum atomic E-state index is -0.815. The standard InChI is InChI=1S/C14H23NO3/c1-9-5-7-10(8-6-9)15-13(16)11-3-2-4-12(11)14(17)18/h9-12H,2-8H2,1H3,(H,15,16)(H,17,18). The topological polar surface area (TPSA) is 66.4 Å². The van der Waals surface area contributed by atoms with E-state index >= 15 is 0 Å². The number of hydrogen-bond donors (Lipinski definition) is 2. The van der Waals surface area contributed by atoms with E-state index in [4.69, 9.17) is 5.11 Å². The summed E-state index contributed by atoms with van der Waals surface area (Å²) in [5, 5.41) is 12.2. The molecule has 18 heavy (non-hydrogen) atoms. The summed E-state index contributed by atoms with van der Waals surface area (Å²) in [7, 11) is 0. The molecule has 2 atom stereocenters. The molecule has 102 valence electrons. The minimum Gasteiger partial charge on any atom is -0.481 e. The Morgan fingerprint density at radius 2 is 1.61 bits per heavy atom. The Labute approximate surface area is 108 Å². The van der Waals surface area contributed by atoms with Gasteiger partial charge in [-0.3, -0.25) is 9.59 Å². The van der Waals surface area contributed by atoms with Crippen molar-refractivity contribution in [1.29, 1.82) is 0 Å². The van der Waals surface area contributed by atoms with E-state index in [2.05, 4.69) is 12.2 Å². The van der Waals surface area contributed by atoms with Crippen molar-refractivity contribution in [3.05, 3.63) is 0 Å². The van der Waals surface area contributed by atoms with E-state index in [9.17, 15) is 9.59 Å². The van der Waals surface area contributed by atoms with Gasteiger partial charge < -0.3 is 10.4 Å². The van der Waals surface area contributed by atoms with Gasteiger partial charge in [-0.15, -0.1) is 0 Å². The minimum absolute atomic E-state index is 0.0283. The number of carboxylic acids is 1. The number of rotatable bonds is 3. The summed E-state index contributed by atoms with van der Waals surface area (Å²) in [4.78, 5) is 23.2. The molecule has 0 bridgehead atoms. The molecule has 2 N–H and O–H groups in total. The number of carbonyl (C=O) groups excluding carboxylic acids is 1. The summed E-state index contributed by atoms with van der Waals surface area (Å²) in [5.41, 5.74) is 0. The lowest BCUT2D eigenvalue weighted by Crippen LogP contribution is -2.42. The van der Waals surface area contributed by atoms with Crippen LogP contribution in [0.4, 0.5) is 0 Å². The molecular weight excluding hydrogens is 230 g/mol. The van der Waals surface area contributed by atoms with Crippen LogP contribution < -0.4 is 5.32 Å². The van der Waals surface area contributed by atoms with Gasteiger partial charge in [0.2, 0.25) is 5.91 Å². The number of amides is 1. The van der Waals surface area contributed by atoms with Crippen molar-refractivity contribution in [2.45, 2.75) is 57.9 Å². The molecule has 2 aliphatic rings. The van der Waals surface area contributed by atoms with Gasteiger partial charge in [0.05, 0.1) is 11.8 Å². The average molecular weight is 253 g/mol. The van der Waals surface area contributed by atoms with Crippen LogP contribution in [0.25, 0.3) is 0 Å². The van der Waals surface area contributed by atoms with Crippen LogP contribution in [0.3, 0.4) is 0 Å². The summed E-state index contributed by atoms with van der Waals surface area (Å²) in [6, 6.07) is 0.267. The highest BCUT2D eigenvalue weighted by molar-refractivity contribution is 5.85. The van der Waals surface area contributed by atoms with Crippen molar-refractivity contribution in [3.8, 4) is 0 Å².